The lowest BCUT2D eigenvalue weighted by molar-refractivity contribution is -0.150. The second kappa shape index (κ2) is 9.34. The van der Waals surface area contributed by atoms with Crippen LogP contribution in [0.4, 0.5) is 20.6 Å². The summed E-state index contributed by atoms with van der Waals surface area (Å²) in [5.74, 6) is -0.856. The minimum Gasteiger partial charge on any atom is -0.461 e. The van der Waals surface area contributed by atoms with E-state index in [-0.39, 0.29) is 31.6 Å². The molecule has 1 N–H and O–H groups in total. The number of amides is 1. The van der Waals surface area contributed by atoms with Crippen LogP contribution in [0.5, 0.6) is 0 Å². The molecule has 0 aromatic heterocycles. The molecule has 2 fully saturated rings. The summed E-state index contributed by atoms with van der Waals surface area (Å²) in [5.41, 5.74) is 1.77. The van der Waals surface area contributed by atoms with Crippen LogP contribution in [0.1, 0.15) is 18.4 Å². The van der Waals surface area contributed by atoms with Gasteiger partial charge in [0.2, 0.25) is 0 Å². The molecule has 0 spiro atoms. The average molecular weight is 428 g/mol. The summed E-state index contributed by atoms with van der Waals surface area (Å²) in [6.45, 7) is 1.25. The molecule has 2 heterocycles. The Hall–Kier alpha value is -3.13. The molecule has 31 heavy (non-hydrogen) atoms. The molecule has 4 rings (SSSR count). The first kappa shape index (κ1) is 21.1. The lowest BCUT2D eigenvalue weighted by Crippen LogP contribution is -2.37. The molecular weight excluding hydrogens is 403 g/mol. The summed E-state index contributed by atoms with van der Waals surface area (Å²) in [6.07, 6.45) is -0.0198. The maximum absolute atomic E-state index is 14.8. The molecule has 0 unspecified atom stereocenters. The molecule has 164 valence electrons. The number of aliphatic hydroxyl groups is 1. The Morgan fingerprint density at radius 2 is 1.90 bits per heavy atom. The van der Waals surface area contributed by atoms with Crippen LogP contribution in [0.3, 0.4) is 0 Å². The summed E-state index contributed by atoms with van der Waals surface area (Å²) in [6, 6.07) is 14.1. The predicted molar refractivity (Wildman–Crippen MR) is 112 cm³/mol. The lowest BCUT2D eigenvalue weighted by atomic mass is 9.96. The topological polar surface area (TPSA) is 79.3 Å². The number of benzene rings is 2. The van der Waals surface area contributed by atoms with Crippen molar-refractivity contribution in [2.45, 2.75) is 25.6 Å². The zero-order chi connectivity index (χ0) is 21.8. The Kier molecular flexibility index (Phi) is 6.36. The number of hydrogen-bond donors (Lipinski definition) is 1. The van der Waals surface area contributed by atoms with Gasteiger partial charge in [0.25, 0.3) is 0 Å². The Labute approximate surface area is 180 Å². The van der Waals surface area contributed by atoms with Crippen molar-refractivity contribution in [1.82, 2.24) is 0 Å². The third-order valence-electron chi connectivity index (χ3n) is 5.71. The zero-order valence-electron chi connectivity index (χ0n) is 17.1. The highest BCUT2D eigenvalue weighted by Crippen LogP contribution is 2.30. The van der Waals surface area contributed by atoms with E-state index in [0.29, 0.717) is 37.3 Å². The Balaban J connectivity index is 1.32. The Bertz CT molecular complexity index is 931. The number of cyclic esters (lactones) is 1. The van der Waals surface area contributed by atoms with E-state index >= 15 is 0 Å². The van der Waals surface area contributed by atoms with Gasteiger partial charge in [-0.1, -0.05) is 30.3 Å². The van der Waals surface area contributed by atoms with Crippen LogP contribution in [0.15, 0.2) is 48.5 Å². The molecule has 7 nitrogen and oxygen atoms in total. The molecule has 1 atom stereocenters. The van der Waals surface area contributed by atoms with Gasteiger partial charge in [0.05, 0.1) is 30.4 Å². The van der Waals surface area contributed by atoms with E-state index in [2.05, 4.69) is 0 Å². The summed E-state index contributed by atoms with van der Waals surface area (Å²) >= 11 is 0. The second-order valence-corrected chi connectivity index (χ2v) is 7.79. The van der Waals surface area contributed by atoms with Gasteiger partial charge >= 0.3 is 12.1 Å². The molecule has 2 aliphatic heterocycles. The number of nitrogens with zero attached hydrogens (tertiary/aromatic N) is 2. The van der Waals surface area contributed by atoms with E-state index in [0.717, 1.165) is 5.56 Å². The molecule has 8 heteroatoms. The maximum atomic E-state index is 14.8. The normalized spacial score (nSPS) is 19.4. The fraction of sp³-hybridized carbons (Fsp3) is 0.391. The molecule has 2 saturated heterocycles. The van der Waals surface area contributed by atoms with E-state index in [1.807, 2.05) is 35.2 Å². The molecule has 2 aromatic carbocycles. The van der Waals surface area contributed by atoms with Crippen molar-refractivity contribution in [1.29, 1.82) is 0 Å². The fourth-order valence-electron chi connectivity index (χ4n) is 3.95. The Morgan fingerprint density at radius 1 is 1.16 bits per heavy atom. The molecular formula is C23H25FN2O5. The zero-order valence-corrected chi connectivity index (χ0v) is 17.1. The minimum atomic E-state index is -0.601. The molecule has 1 amide bonds. The van der Waals surface area contributed by atoms with Gasteiger partial charge in [-0.25, -0.2) is 9.18 Å². The molecule has 0 saturated carbocycles. The van der Waals surface area contributed by atoms with Crippen LogP contribution >= 0.6 is 0 Å². The van der Waals surface area contributed by atoms with Crippen LogP contribution in [0, 0.1) is 11.7 Å². The second-order valence-electron chi connectivity index (χ2n) is 7.79. The highest BCUT2D eigenvalue weighted by molar-refractivity contribution is 5.90. The van der Waals surface area contributed by atoms with E-state index in [4.69, 9.17) is 14.6 Å². The first-order chi connectivity index (χ1) is 15.0. The number of anilines is 2. The van der Waals surface area contributed by atoms with Crippen molar-refractivity contribution in [3.05, 3.63) is 59.9 Å². The monoisotopic (exact) mass is 428 g/mol. The van der Waals surface area contributed by atoms with Gasteiger partial charge in [0, 0.05) is 13.1 Å². The van der Waals surface area contributed by atoms with Crippen molar-refractivity contribution in [3.8, 4) is 0 Å². The average Bonchev–Trinajstić information content (AvgIpc) is 3.19. The van der Waals surface area contributed by atoms with Crippen LogP contribution in [0.25, 0.3) is 0 Å². The molecule has 0 bridgehead atoms. The lowest BCUT2D eigenvalue weighted by Gasteiger charge is -2.33. The minimum absolute atomic E-state index is 0.185. The van der Waals surface area contributed by atoms with Gasteiger partial charge in [-0.05, 0) is 36.6 Å². The number of halogens is 1. The standard InChI is InChI=1S/C23H25FN2O5/c24-20-12-18(26-13-19(14-27)31-23(26)29)6-7-21(20)25-10-8-17(9-11-25)22(28)30-15-16-4-2-1-3-5-16/h1-7,12,17,19,27H,8-11,13-15H2/t19-/m1/s1. The predicted octanol–water partition coefficient (Wildman–Crippen LogP) is 3.10. The maximum Gasteiger partial charge on any atom is 0.414 e. The number of esters is 1. The largest absolute Gasteiger partial charge is 0.461 e. The third kappa shape index (κ3) is 4.80. The van der Waals surface area contributed by atoms with E-state index < -0.39 is 18.0 Å². The van der Waals surface area contributed by atoms with Gasteiger partial charge < -0.3 is 19.5 Å². The Morgan fingerprint density at radius 3 is 2.55 bits per heavy atom. The number of rotatable bonds is 6. The van der Waals surface area contributed by atoms with E-state index in [9.17, 15) is 14.0 Å². The SMILES string of the molecule is O=C(OCc1ccccc1)C1CCN(c2ccc(N3C[C@H](CO)OC3=O)cc2F)CC1. The highest BCUT2D eigenvalue weighted by Gasteiger charge is 2.33. The van der Waals surface area contributed by atoms with Gasteiger partial charge in [-0.3, -0.25) is 9.69 Å². The van der Waals surface area contributed by atoms with Gasteiger partial charge in [-0.2, -0.15) is 0 Å². The molecule has 0 aliphatic carbocycles. The summed E-state index contributed by atoms with van der Waals surface area (Å²) in [5, 5.41) is 9.15. The van der Waals surface area contributed by atoms with E-state index in [1.165, 1.54) is 11.0 Å². The van der Waals surface area contributed by atoms with Gasteiger partial charge in [0.15, 0.2) is 0 Å². The summed E-state index contributed by atoms with van der Waals surface area (Å²) in [4.78, 5) is 27.5. The summed E-state index contributed by atoms with van der Waals surface area (Å²) in [7, 11) is 0. The van der Waals surface area contributed by atoms with Gasteiger partial charge in [0.1, 0.15) is 18.5 Å². The van der Waals surface area contributed by atoms with E-state index in [1.54, 1.807) is 12.1 Å². The van der Waals surface area contributed by atoms with Crippen molar-refractivity contribution in [2.24, 2.45) is 5.92 Å². The number of ether oxygens (including phenoxy) is 2. The first-order valence-corrected chi connectivity index (χ1v) is 10.4. The van der Waals surface area contributed by atoms with Crippen LogP contribution < -0.4 is 9.80 Å². The van der Waals surface area contributed by atoms with Gasteiger partial charge in [-0.15, -0.1) is 0 Å². The van der Waals surface area contributed by atoms with Crippen molar-refractivity contribution in [3.63, 3.8) is 0 Å². The van der Waals surface area contributed by atoms with Crippen molar-refractivity contribution >= 4 is 23.4 Å². The molecule has 2 aromatic rings. The number of hydrogen-bond acceptors (Lipinski definition) is 6. The van der Waals surface area contributed by atoms with Crippen molar-refractivity contribution in [2.75, 3.05) is 36.0 Å². The number of piperidine rings is 1. The number of carbonyl (C=O) groups is 2. The number of aliphatic hydroxyl groups excluding tert-OH is 1. The van der Waals surface area contributed by atoms with Crippen LogP contribution in [0.2, 0.25) is 0 Å². The quantitative estimate of drug-likeness (QED) is 0.713. The fourth-order valence-corrected chi connectivity index (χ4v) is 3.95. The highest BCUT2D eigenvalue weighted by atomic mass is 19.1. The molecule has 2 aliphatic rings. The third-order valence-corrected chi connectivity index (χ3v) is 5.71. The van der Waals surface area contributed by atoms with Crippen molar-refractivity contribution < 1.29 is 28.6 Å². The first-order valence-electron chi connectivity index (χ1n) is 10.4. The molecule has 0 radical (unpaired) electrons. The van der Waals surface area contributed by atoms with Crippen LogP contribution in [-0.2, 0) is 20.9 Å². The number of carbonyl (C=O) groups excluding carboxylic acids is 2. The smallest absolute Gasteiger partial charge is 0.414 e. The van der Waals surface area contributed by atoms with Crippen LogP contribution in [-0.4, -0.2) is 49.5 Å². The summed E-state index contributed by atoms with van der Waals surface area (Å²) < 4.78 is 25.2.